The summed E-state index contributed by atoms with van der Waals surface area (Å²) in [5.74, 6) is -0.533. The van der Waals surface area contributed by atoms with Gasteiger partial charge < -0.3 is 5.32 Å². The van der Waals surface area contributed by atoms with E-state index in [-0.39, 0.29) is 10.9 Å². The Morgan fingerprint density at radius 2 is 2.18 bits per heavy atom. The molecule has 94 valence electrons. The zero-order valence-electron chi connectivity index (χ0n) is 9.56. The molecule has 1 aromatic carbocycles. The van der Waals surface area contributed by atoms with E-state index in [0.29, 0.717) is 19.6 Å². The van der Waals surface area contributed by atoms with Crippen molar-refractivity contribution in [2.45, 2.75) is 17.9 Å². The third-order valence-electron chi connectivity index (χ3n) is 2.88. The van der Waals surface area contributed by atoms with Gasteiger partial charge in [-0.15, -0.1) is 0 Å². The highest BCUT2D eigenvalue weighted by atomic mass is 32.2. The van der Waals surface area contributed by atoms with E-state index in [1.807, 2.05) is 0 Å². The highest BCUT2D eigenvalue weighted by molar-refractivity contribution is 7.89. The van der Waals surface area contributed by atoms with Gasteiger partial charge in [0.1, 0.15) is 5.82 Å². The van der Waals surface area contributed by atoms with Crippen LogP contribution in [0.5, 0.6) is 0 Å². The maximum absolute atomic E-state index is 13.1. The van der Waals surface area contributed by atoms with Crippen molar-refractivity contribution in [3.05, 3.63) is 30.1 Å². The summed E-state index contributed by atoms with van der Waals surface area (Å²) in [7, 11) is -3.58. The first-order valence-corrected chi connectivity index (χ1v) is 6.98. The molecule has 1 N–H and O–H groups in total. The third kappa shape index (κ3) is 2.34. The van der Waals surface area contributed by atoms with Crippen LogP contribution < -0.4 is 5.32 Å². The molecule has 0 bridgehead atoms. The Bertz CT molecular complexity index is 500. The van der Waals surface area contributed by atoms with Crippen LogP contribution in [0.1, 0.15) is 6.92 Å². The van der Waals surface area contributed by atoms with Crippen molar-refractivity contribution in [2.75, 3.05) is 19.6 Å². The van der Waals surface area contributed by atoms with E-state index in [4.69, 9.17) is 0 Å². The van der Waals surface area contributed by atoms with Gasteiger partial charge in [0.2, 0.25) is 10.0 Å². The van der Waals surface area contributed by atoms with Gasteiger partial charge in [-0.05, 0) is 18.2 Å². The second-order valence-corrected chi connectivity index (χ2v) is 5.87. The Hall–Kier alpha value is -0.980. The smallest absolute Gasteiger partial charge is 0.243 e. The predicted molar refractivity (Wildman–Crippen MR) is 62.6 cm³/mol. The predicted octanol–water partition coefficient (Wildman–Crippen LogP) is 0.808. The van der Waals surface area contributed by atoms with Crippen molar-refractivity contribution in [2.24, 2.45) is 0 Å². The van der Waals surface area contributed by atoms with Crippen molar-refractivity contribution in [1.82, 2.24) is 9.62 Å². The fourth-order valence-corrected chi connectivity index (χ4v) is 3.53. The molecule has 0 saturated carbocycles. The van der Waals surface area contributed by atoms with Crippen LogP contribution in [0.25, 0.3) is 0 Å². The normalized spacial score (nSPS) is 17.1. The number of halogens is 1. The lowest BCUT2D eigenvalue weighted by atomic mass is 10.2. The second kappa shape index (κ2) is 4.72. The number of nitrogens with one attached hydrogen (secondary N) is 1. The minimum absolute atomic E-state index is 0.0197. The molecule has 4 nitrogen and oxygen atoms in total. The molecule has 0 aromatic heterocycles. The molecular formula is C11H15FN2O2S. The molecule has 1 aromatic rings. The zero-order chi connectivity index (χ0) is 12.5. The van der Waals surface area contributed by atoms with Gasteiger partial charge in [0.15, 0.2) is 0 Å². The fourth-order valence-electron chi connectivity index (χ4n) is 1.86. The molecule has 0 amide bonds. The molecule has 2 rings (SSSR count). The topological polar surface area (TPSA) is 49.4 Å². The summed E-state index contributed by atoms with van der Waals surface area (Å²) in [6, 6.07) is 5.11. The van der Waals surface area contributed by atoms with Gasteiger partial charge in [0.25, 0.3) is 0 Å². The summed E-state index contributed by atoms with van der Waals surface area (Å²) < 4.78 is 39.0. The van der Waals surface area contributed by atoms with Crippen LogP contribution in [-0.4, -0.2) is 38.4 Å². The van der Waals surface area contributed by atoms with Crippen LogP contribution in [0, 0.1) is 5.82 Å². The first-order chi connectivity index (χ1) is 8.05. The van der Waals surface area contributed by atoms with Crippen LogP contribution in [0.4, 0.5) is 4.39 Å². The lowest BCUT2D eigenvalue weighted by molar-refractivity contribution is 0.249. The van der Waals surface area contributed by atoms with Crippen LogP contribution >= 0.6 is 0 Å². The summed E-state index contributed by atoms with van der Waals surface area (Å²) in [5, 5.41) is 3.03. The Morgan fingerprint density at radius 1 is 1.47 bits per heavy atom. The van der Waals surface area contributed by atoms with E-state index in [0.717, 1.165) is 6.07 Å². The number of rotatable bonds is 4. The third-order valence-corrected chi connectivity index (χ3v) is 4.90. The average Bonchev–Trinajstić information content (AvgIpc) is 2.22. The van der Waals surface area contributed by atoms with Gasteiger partial charge >= 0.3 is 0 Å². The van der Waals surface area contributed by atoms with Gasteiger partial charge in [-0.2, -0.15) is 4.31 Å². The highest BCUT2D eigenvalue weighted by Crippen LogP contribution is 2.20. The Labute approximate surface area is 100 Å². The summed E-state index contributed by atoms with van der Waals surface area (Å²) in [5.41, 5.74) is 0. The first kappa shape index (κ1) is 12.5. The number of hydrogen-bond acceptors (Lipinski definition) is 3. The van der Waals surface area contributed by atoms with E-state index in [1.54, 1.807) is 6.92 Å². The molecule has 17 heavy (non-hydrogen) atoms. The molecular weight excluding hydrogens is 243 g/mol. The summed E-state index contributed by atoms with van der Waals surface area (Å²) >= 11 is 0. The SMILES string of the molecule is CCN(C1CNC1)S(=O)(=O)c1cccc(F)c1. The molecule has 1 saturated heterocycles. The van der Waals surface area contributed by atoms with E-state index >= 15 is 0 Å². The Balaban J connectivity index is 2.34. The largest absolute Gasteiger partial charge is 0.313 e. The maximum Gasteiger partial charge on any atom is 0.243 e. The van der Waals surface area contributed by atoms with Gasteiger partial charge in [0, 0.05) is 25.7 Å². The van der Waals surface area contributed by atoms with Crippen molar-refractivity contribution in [3.63, 3.8) is 0 Å². The standard InChI is InChI=1S/C11H15FN2O2S/c1-2-14(10-7-13-8-10)17(15,16)11-5-3-4-9(12)6-11/h3-6,10,13H,2,7-8H2,1H3. The molecule has 0 atom stereocenters. The molecule has 6 heteroatoms. The average molecular weight is 258 g/mol. The Kier molecular flexibility index (Phi) is 3.46. The van der Waals surface area contributed by atoms with E-state index in [2.05, 4.69) is 5.32 Å². The number of likely N-dealkylation sites (N-methyl/N-ethyl adjacent to an activating group) is 1. The lowest BCUT2D eigenvalue weighted by Gasteiger charge is -2.36. The van der Waals surface area contributed by atoms with Crippen molar-refractivity contribution in [3.8, 4) is 0 Å². The maximum atomic E-state index is 13.1. The zero-order valence-corrected chi connectivity index (χ0v) is 10.4. The van der Waals surface area contributed by atoms with E-state index in [9.17, 15) is 12.8 Å². The van der Waals surface area contributed by atoms with Crippen LogP contribution in [-0.2, 0) is 10.0 Å². The number of benzene rings is 1. The van der Waals surface area contributed by atoms with Crippen molar-refractivity contribution >= 4 is 10.0 Å². The second-order valence-electron chi connectivity index (χ2n) is 3.98. The van der Waals surface area contributed by atoms with Crippen LogP contribution in [0.3, 0.4) is 0 Å². The van der Waals surface area contributed by atoms with Gasteiger partial charge in [-0.25, -0.2) is 12.8 Å². The molecule has 1 fully saturated rings. The first-order valence-electron chi connectivity index (χ1n) is 5.54. The summed E-state index contributed by atoms with van der Waals surface area (Å²) in [4.78, 5) is 0.0197. The van der Waals surface area contributed by atoms with Crippen molar-refractivity contribution < 1.29 is 12.8 Å². The van der Waals surface area contributed by atoms with Crippen LogP contribution in [0.2, 0.25) is 0 Å². The minimum Gasteiger partial charge on any atom is -0.313 e. The van der Waals surface area contributed by atoms with Gasteiger partial charge in [-0.3, -0.25) is 0 Å². The number of nitrogens with zero attached hydrogens (tertiary/aromatic N) is 1. The van der Waals surface area contributed by atoms with Crippen molar-refractivity contribution in [1.29, 1.82) is 0 Å². The molecule has 0 aliphatic carbocycles. The quantitative estimate of drug-likeness (QED) is 0.869. The van der Waals surface area contributed by atoms with E-state index in [1.165, 1.54) is 22.5 Å². The minimum atomic E-state index is -3.58. The highest BCUT2D eigenvalue weighted by Gasteiger charge is 2.33. The van der Waals surface area contributed by atoms with Gasteiger partial charge in [-0.1, -0.05) is 13.0 Å². The fraction of sp³-hybridized carbons (Fsp3) is 0.455. The molecule has 1 aliphatic heterocycles. The monoisotopic (exact) mass is 258 g/mol. The summed E-state index contributed by atoms with van der Waals surface area (Å²) in [6.07, 6.45) is 0. The van der Waals surface area contributed by atoms with Crippen LogP contribution in [0.15, 0.2) is 29.2 Å². The molecule has 0 spiro atoms. The Morgan fingerprint density at radius 3 is 2.65 bits per heavy atom. The number of sulfonamides is 1. The number of hydrogen-bond donors (Lipinski definition) is 1. The van der Waals surface area contributed by atoms with Gasteiger partial charge in [0.05, 0.1) is 4.90 Å². The molecule has 0 unspecified atom stereocenters. The molecule has 1 heterocycles. The lowest BCUT2D eigenvalue weighted by Crippen LogP contribution is -2.58. The summed E-state index contributed by atoms with van der Waals surface area (Å²) in [6.45, 7) is 3.49. The molecule has 1 aliphatic rings. The van der Waals surface area contributed by atoms with E-state index < -0.39 is 15.8 Å². The molecule has 0 radical (unpaired) electrons.